The van der Waals surface area contributed by atoms with Gasteiger partial charge in [0.05, 0.1) is 6.10 Å². The molecule has 0 aliphatic carbocycles. The van der Waals surface area contributed by atoms with Crippen LogP contribution in [0.4, 0.5) is 5.69 Å². The van der Waals surface area contributed by atoms with Gasteiger partial charge in [0, 0.05) is 28.8 Å². The van der Waals surface area contributed by atoms with Crippen LogP contribution in [0.2, 0.25) is 0 Å². The third-order valence-electron chi connectivity index (χ3n) is 2.84. The zero-order valence-corrected chi connectivity index (χ0v) is 10.9. The highest BCUT2D eigenvalue weighted by atomic mass is 79.9. The fourth-order valence-electron chi connectivity index (χ4n) is 2.01. The molecule has 0 bridgehead atoms. The summed E-state index contributed by atoms with van der Waals surface area (Å²) in [7, 11) is 0. The van der Waals surface area contributed by atoms with Crippen LogP contribution in [-0.4, -0.2) is 18.2 Å². The van der Waals surface area contributed by atoms with Crippen LogP contribution < -0.4 is 4.90 Å². The summed E-state index contributed by atoms with van der Waals surface area (Å²) in [5.41, 5.74) is 2.13. The molecule has 86 valence electrons. The van der Waals surface area contributed by atoms with Crippen molar-refractivity contribution in [2.45, 2.75) is 19.4 Å². The Balaban J connectivity index is 2.35. The summed E-state index contributed by atoms with van der Waals surface area (Å²) in [6, 6.07) is 6.10. The van der Waals surface area contributed by atoms with Crippen molar-refractivity contribution in [3.8, 4) is 0 Å². The van der Waals surface area contributed by atoms with E-state index in [-0.39, 0.29) is 0 Å². The Bertz CT molecular complexity index is 401. The summed E-state index contributed by atoms with van der Waals surface area (Å²) >= 11 is 3.45. The molecule has 2 nitrogen and oxygen atoms in total. The van der Waals surface area contributed by atoms with Crippen LogP contribution in [0.3, 0.4) is 0 Å². The molecule has 1 aromatic carbocycles. The monoisotopic (exact) mass is 281 g/mol. The first kappa shape index (κ1) is 11.7. The van der Waals surface area contributed by atoms with Gasteiger partial charge in [0.1, 0.15) is 0 Å². The number of aliphatic hydroxyl groups excluding tert-OH is 1. The lowest BCUT2D eigenvalue weighted by Crippen LogP contribution is -2.28. The van der Waals surface area contributed by atoms with Gasteiger partial charge in [-0.1, -0.05) is 28.1 Å². The van der Waals surface area contributed by atoms with E-state index in [9.17, 15) is 5.11 Å². The molecule has 0 fully saturated rings. The van der Waals surface area contributed by atoms with Gasteiger partial charge in [-0.3, -0.25) is 0 Å². The molecular formula is C13H16BrNO. The van der Waals surface area contributed by atoms with Gasteiger partial charge < -0.3 is 10.0 Å². The molecule has 1 N–H and O–H groups in total. The van der Waals surface area contributed by atoms with E-state index in [1.54, 1.807) is 0 Å². The van der Waals surface area contributed by atoms with Crippen molar-refractivity contribution in [2.75, 3.05) is 18.0 Å². The maximum Gasteiger partial charge on any atom is 0.0782 e. The van der Waals surface area contributed by atoms with Crippen LogP contribution in [0.5, 0.6) is 0 Å². The molecule has 1 unspecified atom stereocenters. The number of anilines is 1. The number of hydrogen-bond acceptors (Lipinski definition) is 2. The molecule has 0 aromatic heterocycles. The first-order chi connectivity index (χ1) is 7.68. The van der Waals surface area contributed by atoms with Gasteiger partial charge in [0.15, 0.2) is 0 Å². The zero-order chi connectivity index (χ0) is 11.5. The van der Waals surface area contributed by atoms with Crippen molar-refractivity contribution in [1.29, 1.82) is 0 Å². The quantitative estimate of drug-likeness (QED) is 0.841. The Morgan fingerprint density at radius 3 is 2.81 bits per heavy atom. The summed E-state index contributed by atoms with van der Waals surface area (Å²) in [5, 5.41) is 9.79. The lowest BCUT2D eigenvalue weighted by Gasteiger charge is -2.28. The predicted octanol–water partition coefficient (Wildman–Crippen LogP) is 3.27. The van der Waals surface area contributed by atoms with Gasteiger partial charge in [-0.05, 0) is 31.5 Å². The van der Waals surface area contributed by atoms with E-state index in [0.717, 1.165) is 35.2 Å². The molecule has 3 heteroatoms. The minimum absolute atomic E-state index is 0.432. The number of aliphatic hydroxyl groups is 1. The average molecular weight is 282 g/mol. The SMILES string of the molecule is CC(O)c1cc(Br)ccc1N1CC=CCC1. The minimum Gasteiger partial charge on any atom is -0.389 e. The lowest BCUT2D eigenvalue weighted by atomic mass is 10.1. The lowest BCUT2D eigenvalue weighted by molar-refractivity contribution is 0.199. The Morgan fingerprint density at radius 1 is 1.38 bits per heavy atom. The summed E-state index contributed by atoms with van der Waals surface area (Å²) in [6.07, 6.45) is 5.03. The maximum absolute atomic E-state index is 9.79. The Hall–Kier alpha value is -0.800. The number of rotatable bonds is 2. The largest absolute Gasteiger partial charge is 0.389 e. The zero-order valence-electron chi connectivity index (χ0n) is 9.36. The molecule has 1 aliphatic rings. The van der Waals surface area contributed by atoms with E-state index in [0.29, 0.717) is 0 Å². The van der Waals surface area contributed by atoms with E-state index < -0.39 is 6.10 Å². The van der Waals surface area contributed by atoms with Crippen LogP contribution >= 0.6 is 15.9 Å². The van der Waals surface area contributed by atoms with Crippen molar-refractivity contribution in [3.05, 3.63) is 40.4 Å². The molecule has 1 heterocycles. The van der Waals surface area contributed by atoms with Gasteiger partial charge in [-0.15, -0.1) is 0 Å². The number of benzene rings is 1. The highest BCUT2D eigenvalue weighted by Gasteiger charge is 2.14. The van der Waals surface area contributed by atoms with E-state index >= 15 is 0 Å². The van der Waals surface area contributed by atoms with Crippen molar-refractivity contribution in [1.82, 2.24) is 0 Å². The first-order valence-corrected chi connectivity index (χ1v) is 6.35. The standard InChI is InChI=1S/C13H16BrNO/c1-10(16)12-9-11(14)5-6-13(12)15-7-3-2-4-8-15/h2-3,5-6,9-10,16H,4,7-8H2,1H3. The van der Waals surface area contributed by atoms with Gasteiger partial charge in [0.2, 0.25) is 0 Å². The fraction of sp³-hybridized carbons (Fsp3) is 0.385. The van der Waals surface area contributed by atoms with Crippen LogP contribution in [0.15, 0.2) is 34.8 Å². The van der Waals surface area contributed by atoms with E-state index in [1.165, 1.54) is 0 Å². The second kappa shape index (κ2) is 5.02. The van der Waals surface area contributed by atoms with Gasteiger partial charge in [0.25, 0.3) is 0 Å². The molecule has 2 rings (SSSR count). The summed E-state index contributed by atoms with van der Waals surface area (Å²) in [4.78, 5) is 2.30. The predicted molar refractivity (Wildman–Crippen MR) is 70.7 cm³/mol. The van der Waals surface area contributed by atoms with Crippen molar-refractivity contribution >= 4 is 21.6 Å². The van der Waals surface area contributed by atoms with Crippen LogP contribution in [-0.2, 0) is 0 Å². The van der Waals surface area contributed by atoms with Gasteiger partial charge >= 0.3 is 0 Å². The molecule has 0 radical (unpaired) electrons. The Morgan fingerprint density at radius 2 is 2.19 bits per heavy atom. The molecule has 1 atom stereocenters. The highest BCUT2D eigenvalue weighted by Crippen LogP contribution is 2.30. The smallest absolute Gasteiger partial charge is 0.0782 e. The molecule has 0 spiro atoms. The van der Waals surface area contributed by atoms with Crippen LogP contribution in [0.1, 0.15) is 25.0 Å². The number of hydrogen-bond donors (Lipinski definition) is 1. The minimum atomic E-state index is -0.432. The molecule has 16 heavy (non-hydrogen) atoms. The average Bonchev–Trinajstić information content (AvgIpc) is 2.30. The normalized spacial score (nSPS) is 17.6. The Labute approximate surface area is 105 Å². The second-order valence-corrected chi connectivity index (χ2v) is 5.00. The summed E-state index contributed by atoms with van der Waals surface area (Å²) in [6.45, 7) is 3.77. The van der Waals surface area contributed by atoms with E-state index in [2.05, 4.69) is 39.0 Å². The Kier molecular flexibility index (Phi) is 3.66. The van der Waals surface area contributed by atoms with Crippen molar-refractivity contribution < 1.29 is 5.11 Å². The topological polar surface area (TPSA) is 23.5 Å². The van der Waals surface area contributed by atoms with Crippen LogP contribution in [0.25, 0.3) is 0 Å². The van der Waals surface area contributed by atoms with Crippen molar-refractivity contribution in [2.24, 2.45) is 0 Å². The third-order valence-corrected chi connectivity index (χ3v) is 3.33. The number of halogens is 1. The molecule has 0 saturated heterocycles. The summed E-state index contributed by atoms with van der Waals surface area (Å²) < 4.78 is 1.01. The molecule has 1 aliphatic heterocycles. The van der Waals surface area contributed by atoms with Gasteiger partial charge in [-0.2, -0.15) is 0 Å². The fourth-order valence-corrected chi connectivity index (χ4v) is 2.39. The second-order valence-electron chi connectivity index (χ2n) is 4.09. The number of nitrogens with zero attached hydrogens (tertiary/aromatic N) is 1. The van der Waals surface area contributed by atoms with Crippen molar-refractivity contribution in [3.63, 3.8) is 0 Å². The van der Waals surface area contributed by atoms with E-state index in [1.807, 2.05) is 19.1 Å². The van der Waals surface area contributed by atoms with E-state index in [4.69, 9.17) is 0 Å². The van der Waals surface area contributed by atoms with Gasteiger partial charge in [-0.25, -0.2) is 0 Å². The summed E-state index contributed by atoms with van der Waals surface area (Å²) in [5.74, 6) is 0. The molecule has 0 saturated carbocycles. The first-order valence-electron chi connectivity index (χ1n) is 5.56. The molecular weight excluding hydrogens is 266 g/mol. The molecule has 0 amide bonds. The van der Waals surface area contributed by atoms with Crippen LogP contribution in [0, 0.1) is 0 Å². The maximum atomic E-state index is 9.79. The molecule has 1 aromatic rings. The highest BCUT2D eigenvalue weighted by molar-refractivity contribution is 9.10. The third kappa shape index (κ3) is 2.47.